The van der Waals surface area contributed by atoms with Crippen LogP contribution in [-0.2, 0) is 9.47 Å². The van der Waals surface area contributed by atoms with E-state index in [4.69, 9.17) is 9.47 Å². The van der Waals surface area contributed by atoms with Crippen LogP contribution in [0.4, 0.5) is 0 Å². The van der Waals surface area contributed by atoms with Crippen LogP contribution in [0.2, 0.25) is 0 Å². The van der Waals surface area contributed by atoms with E-state index in [0.29, 0.717) is 0 Å². The Morgan fingerprint density at radius 1 is 0.481 bits per heavy atom. The highest BCUT2D eigenvalue weighted by molar-refractivity contribution is 4.81. The fourth-order valence-corrected chi connectivity index (χ4v) is 8.73. The zero-order valence-electron chi connectivity index (χ0n) is 38.1. The molecule has 0 radical (unpaired) electrons. The first-order chi connectivity index (χ1) is 24.7. The maximum absolute atomic E-state index is 6.88. The van der Waals surface area contributed by atoms with Gasteiger partial charge in [0, 0.05) is 12.8 Å². The summed E-state index contributed by atoms with van der Waals surface area (Å²) in [5.41, 5.74) is 0. The number of rotatable bonds is 35. The Bertz CT molecular complexity index is 798. The van der Waals surface area contributed by atoms with Crippen LogP contribution >= 0.6 is 0 Å². The standard InChI is InChI=1S/C49H99NO2/c1-13-41(4)22-15-24-43(6)26-17-28-45(8)30-19-32-47(10)35-37-49(51-39-48(52-49)33-20-38-50(11)12)36-34-46(9)31-18-29-44(7)27-16-25-42(5)23-14-21-40(2)3/h40-48H,13-39H2,1-12H3. The Labute approximate surface area is 329 Å². The van der Waals surface area contributed by atoms with E-state index in [1.165, 1.54) is 141 Å². The highest BCUT2D eigenvalue weighted by Crippen LogP contribution is 2.38. The van der Waals surface area contributed by atoms with E-state index >= 15 is 0 Å². The fraction of sp³-hybridized carbons (Fsp3) is 1.00. The molecule has 0 aromatic rings. The molecule has 0 saturated carbocycles. The Hall–Kier alpha value is -0.120. The molecule has 1 heterocycles. The molecule has 0 N–H and O–H groups in total. The zero-order valence-corrected chi connectivity index (χ0v) is 38.1. The minimum Gasteiger partial charge on any atom is -0.347 e. The molecule has 1 saturated heterocycles. The molecular weight excluding hydrogens is 635 g/mol. The topological polar surface area (TPSA) is 21.7 Å². The van der Waals surface area contributed by atoms with Crippen LogP contribution in [-0.4, -0.2) is 44.0 Å². The maximum atomic E-state index is 6.88. The SMILES string of the molecule is CCC(C)CCCC(C)CCCC(C)CCCC(C)CCC1(CCC(C)CCCC(C)CCCC(C)CCCC(C)C)OCC(CCCN(C)C)O1. The summed E-state index contributed by atoms with van der Waals surface area (Å²) in [4.78, 5) is 2.29. The molecule has 9 unspecified atom stereocenters. The molecule has 9 atom stereocenters. The van der Waals surface area contributed by atoms with Crippen LogP contribution in [0.3, 0.4) is 0 Å². The van der Waals surface area contributed by atoms with Crippen molar-refractivity contribution < 1.29 is 9.47 Å². The van der Waals surface area contributed by atoms with Crippen LogP contribution in [0.1, 0.15) is 230 Å². The summed E-state index contributed by atoms with van der Waals surface area (Å²) in [7, 11) is 4.35. The van der Waals surface area contributed by atoms with E-state index in [2.05, 4.69) is 88.2 Å². The molecule has 1 aliphatic heterocycles. The number of hydrogen-bond donors (Lipinski definition) is 0. The van der Waals surface area contributed by atoms with Gasteiger partial charge in [0.15, 0.2) is 5.79 Å². The third kappa shape index (κ3) is 26.6. The number of ether oxygens (including phenoxy) is 2. The summed E-state index contributed by atoms with van der Waals surface area (Å²) in [6.45, 7) is 26.3. The van der Waals surface area contributed by atoms with Gasteiger partial charge in [0.25, 0.3) is 0 Å². The molecule has 0 aliphatic carbocycles. The largest absolute Gasteiger partial charge is 0.347 e. The molecular formula is C49H99NO2. The van der Waals surface area contributed by atoms with Gasteiger partial charge in [-0.1, -0.05) is 191 Å². The van der Waals surface area contributed by atoms with Gasteiger partial charge in [0.2, 0.25) is 0 Å². The molecule has 0 amide bonds. The smallest absolute Gasteiger partial charge is 0.168 e. The summed E-state index contributed by atoms with van der Waals surface area (Å²) in [5, 5.41) is 0. The monoisotopic (exact) mass is 734 g/mol. The van der Waals surface area contributed by atoms with Gasteiger partial charge < -0.3 is 14.4 Å². The molecule has 1 fully saturated rings. The van der Waals surface area contributed by atoms with Gasteiger partial charge in [0.1, 0.15) is 0 Å². The summed E-state index contributed by atoms with van der Waals surface area (Å²) in [6, 6.07) is 0. The third-order valence-corrected chi connectivity index (χ3v) is 13.2. The fourth-order valence-electron chi connectivity index (χ4n) is 8.73. The van der Waals surface area contributed by atoms with E-state index < -0.39 is 0 Å². The van der Waals surface area contributed by atoms with E-state index in [1.54, 1.807) is 0 Å². The van der Waals surface area contributed by atoms with Gasteiger partial charge in [-0.3, -0.25) is 0 Å². The van der Waals surface area contributed by atoms with Gasteiger partial charge in [0.05, 0.1) is 12.7 Å². The van der Waals surface area contributed by atoms with Crippen molar-refractivity contribution >= 4 is 0 Å². The molecule has 3 heteroatoms. The molecule has 1 aliphatic rings. The Kier molecular flexibility index (Phi) is 28.9. The molecule has 52 heavy (non-hydrogen) atoms. The summed E-state index contributed by atoms with van der Waals surface area (Å²) in [5.74, 6) is 6.45. The van der Waals surface area contributed by atoms with Gasteiger partial charge in [-0.15, -0.1) is 0 Å². The van der Waals surface area contributed by atoms with Crippen LogP contribution in [0.15, 0.2) is 0 Å². The lowest BCUT2D eigenvalue weighted by atomic mass is 9.88. The first-order valence-electron chi connectivity index (χ1n) is 23.7. The maximum Gasteiger partial charge on any atom is 0.168 e. The van der Waals surface area contributed by atoms with E-state index in [9.17, 15) is 0 Å². The normalized spacial score (nSPS) is 22.2. The van der Waals surface area contributed by atoms with Gasteiger partial charge in [-0.25, -0.2) is 0 Å². The number of hydrogen-bond acceptors (Lipinski definition) is 3. The molecule has 3 nitrogen and oxygen atoms in total. The molecule has 1 rings (SSSR count). The minimum absolute atomic E-state index is 0.271. The van der Waals surface area contributed by atoms with Gasteiger partial charge >= 0.3 is 0 Å². The van der Waals surface area contributed by atoms with E-state index in [-0.39, 0.29) is 11.9 Å². The lowest BCUT2D eigenvalue weighted by molar-refractivity contribution is -0.182. The van der Waals surface area contributed by atoms with Crippen molar-refractivity contribution in [1.29, 1.82) is 0 Å². The highest BCUT2D eigenvalue weighted by Gasteiger charge is 2.41. The molecule has 0 spiro atoms. The predicted molar refractivity (Wildman–Crippen MR) is 232 cm³/mol. The first-order valence-corrected chi connectivity index (χ1v) is 23.7. The Morgan fingerprint density at radius 2 is 0.827 bits per heavy atom. The van der Waals surface area contributed by atoms with Crippen molar-refractivity contribution in [2.75, 3.05) is 27.2 Å². The quantitative estimate of drug-likeness (QED) is 0.0647. The van der Waals surface area contributed by atoms with Crippen molar-refractivity contribution in [1.82, 2.24) is 4.90 Å². The Balaban J connectivity index is 2.41. The lowest BCUT2D eigenvalue weighted by Gasteiger charge is -2.31. The molecule has 0 bridgehead atoms. The zero-order chi connectivity index (χ0) is 38.8. The first kappa shape index (κ1) is 49.9. The van der Waals surface area contributed by atoms with Crippen LogP contribution < -0.4 is 0 Å². The van der Waals surface area contributed by atoms with Crippen LogP contribution in [0.5, 0.6) is 0 Å². The second-order valence-corrected chi connectivity index (χ2v) is 20.1. The van der Waals surface area contributed by atoms with Crippen molar-refractivity contribution in [2.24, 2.45) is 47.3 Å². The Morgan fingerprint density at radius 3 is 1.17 bits per heavy atom. The minimum atomic E-state index is -0.344. The van der Waals surface area contributed by atoms with Gasteiger partial charge in [-0.05, 0) is 93.7 Å². The van der Waals surface area contributed by atoms with Crippen molar-refractivity contribution in [3.63, 3.8) is 0 Å². The second kappa shape index (κ2) is 30.1. The average molecular weight is 734 g/mol. The van der Waals surface area contributed by atoms with Crippen molar-refractivity contribution in [2.45, 2.75) is 242 Å². The predicted octanol–water partition coefficient (Wildman–Crippen LogP) is 15.5. The van der Waals surface area contributed by atoms with Crippen LogP contribution in [0.25, 0.3) is 0 Å². The highest BCUT2D eigenvalue weighted by atomic mass is 16.7. The summed E-state index contributed by atoms with van der Waals surface area (Å²) < 4.78 is 13.5. The summed E-state index contributed by atoms with van der Waals surface area (Å²) >= 11 is 0. The lowest BCUT2D eigenvalue weighted by Crippen LogP contribution is -2.32. The van der Waals surface area contributed by atoms with Crippen molar-refractivity contribution in [3.05, 3.63) is 0 Å². The van der Waals surface area contributed by atoms with E-state index in [1.807, 2.05) is 0 Å². The van der Waals surface area contributed by atoms with Gasteiger partial charge in [-0.2, -0.15) is 0 Å². The molecule has 312 valence electrons. The van der Waals surface area contributed by atoms with Crippen molar-refractivity contribution in [3.8, 4) is 0 Å². The summed E-state index contributed by atoms with van der Waals surface area (Å²) in [6.07, 6.45) is 33.8. The molecule has 0 aromatic carbocycles. The van der Waals surface area contributed by atoms with E-state index in [0.717, 1.165) is 79.8 Å². The third-order valence-electron chi connectivity index (χ3n) is 13.2. The average Bonchev–Trinajstić information content (AvgIpc) is 3.49. The molecule has 0 aromatic heterocycles. The number of nitrogens with zero attached hydrogens (tertiary/aromatic N) is 1. The van der Waals surface area contributed by atoms with Crippen LogP contribution in [0, 0.1) is 47.3 Å². The second-order valence-electron chi connectivity index (χ2n) is 20.1.